The van der Waals surface area contributed by atoms with Crippen molar-refractivity contribution in [3.8, 4) is 17.1 Å². The van der Waals surface area contributed by atoms with Gasteiger partial charge in [0.05, 0.1) is 12.9 Å². The van der Waals surface area contributed by atoms with Gasteiger partial charge in [-0.2, -0.15) is 0 Å². The van der Waals surface area contributed by atoms with E-state index in [-0.39, 0.29) is 17.7 Å². The van der Waals surface area contributed by atoms with Crippen LogP contribution in [0.15, 0.2) is 29.4 Å². The summed E-state index contributed by atoms with van der Waals surface area (Å²) in [4.78, 5) is 23.7. The molecule has 0 unspecified atom stereocenters. The van der Waals surface area contributed by atoms with Gasteiger partial charge in [-0.25, -0.2) is 4.79 Å². The highest BCUT2D eigenvalue weighted by Crippen LogP contribution is 2.26. The number of hydrogen-bond donors (Lipinski definition) is 2. The molecule has 152 valence electrons. The second-order valence-corrected chi connectivity index (χ2v) is 7.95. The first-order chi connectivity index (χ1) is 13.3. The molecule has 0 aliphatic heterocycles. The number of methoxy groups -OCH3 is 1. The molecular weight excluding hydrogens is 378 g/mol. The number of rotatable bonds is 8. The van der Waals surface area contributed by atoms with E-state index in [0.29, 0.717) is 17.6 Å². The number of nitrogens with one attached hydrogen (secondary N) is 2. The van der Waals surface area contributed by atoms with E-state index in [1.807, 2.05) is 42.7 Å². The van der Waals surface area contributed by atoms with Crippen LogP contribution in [0.5, 0.6) is 5.75 Å². The summed E-state index contributed by atoms with van der Waals surface area (Å²) < 4.78 is 7.20. The van der Waals surface area contributed by atoms with Gasteiger partial charge in [-0.05, 0) is 44.0 Å². The Labute approximate surface area is 169 Å². The van der Waals surface area contributed by atoms with Gasteiger partial charge < -0.3 is 14.6 Å². The molecule has 2 aromatic rings. The van der Waals surface area contributed by atoms with E-state index < -0.39 is 6.03 Å². The quantitative estimate of drug-likeness (QED) is 0.655. The van der Waals surface area contributed by atoms with Gasteiger partial charge in [0, 0.05) is 18.2 Å². The minimum absolute atomic E-state index is 0.0401. The Balaban J connectivity index is 2.12. The normalized spacial score (nSPS) is 11.0. The Kier molecular flexibility index (Phi) is 7.86. The molecule has 28 heavy (non-hydrogen) atoms. The minimum Gasteiger partial charge on any atom is -0.497 e. The number of nitrogens with zero attached hydrogens (tertiary/aromatic N) is 3. The number of ether oxygens (including phenoxy) is 1. The van der Waals surface area contributed by atoms with Crippen molar-refractivity contribution in [1.29, 1.82) is 0 Å². The summed E-state index contributed by atoms with van der Waals surface area (Å²) >= 11 is 1.25. The van der Waals surface area contributed by atoms with Crippen LogP contribution in [0.2, 0.25) is 0 Å². The Bertz CT molecular complexity index is 802. The summed E-state index contributed by atoms with van der Waals surface area (Å²) in [6.45, 7) is 8.58. The van der Waals surface area contributed by atoms with Crippen molar-refractivity contribution in [2.24, 2.45) is 5.92 Å². The van der Waals surface area contributed by atoms with E-state index in [9.17, 15) is 9.59 Å². The highest BCUT2D eigenvalue weighted by atomic mass is 32.2. The summed E-state index contributed by atoms with van der Waals surface area (Å²) in [5.41, 5.74) is 0.918. The molecule has 0 fully saturated rings. The zero-order chi connectivity index (χ0) is 20.7. The van der Waals surface area contributed by atoms with Gasteiger partial charge in [-0.15, -0.1) is 10.2 Å². The molecule has 8 nitrogen and oxygen atoms in total. The van der Waals surface area contributed by atoms with Crippen LogP contribution < -0.4 is 15.4 Å². The van der Waals surface area contributed by atoms with Crippen LogP contribution >= 0.6 is 11.8 Å². The highest BCUT2D eigenvalue weighted by molar-refractivity contribution is 7.99. The molecule has 0 bridgehead atoms. The topological polar surface area (TPSA) is 98.1 Å². The molecule has 1 aromatic heterocycles. The van der Waals surface area contributed by atoms with Crippen LogP contribution in [0.1, 0.15) is 27.7 Å². The molecule has 2 N–H and O–H groups in total. The smallest absolute Gasteiger partial charge is 0.321 e. The molecule has 0 aliphatic rings. The predicted octanol–water partition coefficient (Wildman–Crippen LogP) is 2.94. The van der Waals surface area contributed by atoms with Crippen molar-refractivity contribution < 1.29 is 14.3 Å². The lowest BCUT2D eigenvalue weighted by molar-refractivity contribution is -0.117. The second-order valence-electron chi connectivity index (χ2n) is 7.00. The Morgan fingerprint density at radius 1 is 1.14 bits per heavy atom. The van der Waals surface area contributed by atoms with Crippen LogP contribution in [0.4, 0.5) is 4.79 Å². The maximum absolute atomic E-state index is 12.0. The fourth-order valence-corrected chi connectivity index (χ4v) is 3.22. The van der Waals surface area contributed by atoms with E-state index in [1.54, 1.807) is 7.11 Å². The van der Waals surface area contributed by atoms with Gasteiger partial charge in [-0.3, -0.25) is 10.1 Å². The lowest BCUT2D eigenvalue weighted by Gasteiger charge is -2.13. The van der Waals surface area contributed by atoms with Gasteiger partial charge in [0.25, 0.3) is 0 Å². The van der Waals surface area contributed by atoms with E-state index in [4.69, 9.17) is 4.74 Å². The summed E-state index contributed by atoms with van der Waals surface area (Å²) in [6, 6.07) is 7.06. The standard InChI is InChI=1S/C19H27N5O3S/c1-12(2)10-24-17(14-6-8-15(27-5)9-7-14)22-23-19(24)28-11-16(25)21-18(26)20-13(3)4/h6-9,12-13H,10-11H2,1-5H3,(H2,20,21,25,26). The third kappa shape index (κ3) is 6.26. The Hall–Kier alpha value is -2.55. The molecule has 0 spiro atoms. The number of carbonyl (C=O) groups excluding carboxylic acids is 2. The van der Waals surface area contributed by atoms with Crippen molar-refractivity contribution in [3.63, 3.8) is 0 Å². The molecule has 2 rings (SSSR count). The maximum atomic E-state index is 12.0. The number of benzene rings is 1. The zero-order valence-corrected chi connectivity index (χ0v) is 17.7. The van der Waals surface area contributed by atoms with E-state index in [1.165, 1.54) is 11.8 Å². The lowest BCUT2D eigenvalue weighted by Crippen LogP contribution is -2.43. The average molecular weight is 406 g/mol. The summed E-state index contributed by atoms with van der Waals surface area (Å²) in [6.07, 6.45) is 0. The van der Waals surface area contributed by atoms with Gasteiger partial charge >= 0.3 is 6.03 Å². The SMILES string of the molecule is COc1ccc(-c2nnc(SCC(=O)NC(=O)NC(C)C)n2CC(C)C)cc1. The first kappa shape index (κ1) is 21.7. The van der Waals surface area contributed by atoms with Gasteiger partial charge in [0.1, 0.15) is 5.75 Å². The Morgan fingerprint density at radius 2 is 1.82 bits per heavy atom. The van der Waals surface area contributed by atoms with Crippen LogP contribution in [-0.4, -0.2) is 45.6 Å². The summed E-state index contributed by atoms with van der Waals surface area (Å²) in [7, 11) is 1.62. The lowest BCUT2D eigenvalue weighted by atomic mass is 10.2. The van der Waals surface area contributed by atoms with Crippen LogP contribution in [-0.2, 0) is 11.3 Å². The van der Waals surface area contributed by atoms with Crippen LogP contribution in [0.3, 0.4) is 0 Å². The summed E-state index contributed by atoms with van der Waals surface area (Å²) in [5.74, 6) is 1.57. The molecule has 3 amide bonds. The number of hydrogen-bond acceptors (Lipinski definition) is 6. The van der Waals surface area contributed by atoms with E-state index in [2.05, 4.69) is 34.7 Å². The second kappa shape index (κ2) is 10.1. The monoisotopic (exact) mass is 405 g/mol. The van der Waals surface area contributed by atoms with Crippen molar-refractivity contribution in [2.45, 2.75) is 45.4 Å². The number of aromatic nitrogens is 3. The molecule has 9 heteroatoms. The van der Waals surface area contributed by atoms with Crippen LogP contribution in [0.25, 0.3) is 11.4 Å². The van der Waals surface area contributed by atoms with Crippen LogP contribution in [0, 0.1) is 5.92 Å². The van der Waals surface area contributed by atoms with Gasteiger partial charge in [-0.1, -0.05) is 25.6 Å². The zero-order valence-electron chi connectivity index (χ0n) is 16.9. The maximum Gasteiger partial charge on any atom is 0.321 e. The molecule has 0 atom stereocenters. The van der Waals surface area contributed by atoms with E-state index in [0.717, 1.165) is 17.1 Å². The molecule has 0 saturated heterocycles. The molecule has 0 aliphatic carbocycles. The molecule has 0 saturated carbocycles. The number of thioether (sulfide) groups is 1. The molecule has 0 radical (unpaired) electrons. The van der Waals surface area contributed by atoms with Gasteiger partial charge in [0.15, 0.2) is 11.0 Å². The fourth-order valence-electron chi connectivity index (χ4n) is 2.47. The largest absolute Gasteiger partial charge is 0.497 e. The van der Waals surface area contributed by atoms with Gasteiger partial charge in [0.2, 0.25) is 5.91 Å². The predicted molar refractivity (Wildman–Crippen MR) is 109 cm³/mol. The Morgan fingerprint density at radius 3 is 2.39 bits per heavy atom. The van der Waals surface area contributed by atoms with Crippen molar-refractivity contribution in [2.75, 3.05) is 12.9 Å². The van der Waals surface area contributed by atoms with E-state index >= 15 is 0 Å². The first-order valence-corrected chi connectivity index (χ1v) is 10.1. The first-order valence-electron chi connectivity index (χ1n) is 9.11. The fraction of sp³-hybridized carbons (Fsp3) is 0.474. The molecular formula is C19H27N5O3S. The number of urea groups is 1. The highest BCUT2D eigenvalue weighted by Gasteiger charge is 2.17. The molecule has 1 heterocycles. The number of carbonyl (C=O) groups is 2. The summed E-state index contributed by atoms with van der Waals surface area (Å²) in [5, 5.41) is 14.1. The van der Waals surface area contributed by atoms with Crippen molar-refractivity contribution in [3.05, 3.63) is 24.3 Å². The number of imide groups is 1. The minimum atomic E-state index is -0.497. The third-order valence-corrected chi connectivity index (χ3v) is 4.58. The van der Waals surface area contributed by atoms with Crippen molar-refractivity contribution in [1.82, 2.24) is 25.4 Å². The van der Waals surface area contributed by atoms with Crippen molar-refractivity contribution >= 4 is 23.7 Å². The molecule has 1 aromatic carbocycles. The average Bonchev–Trinajstić information content (AvgIpc) is 3.01. The number of amides is 3. The third-order valence-electron chi connectivity index (χ3n) is 3.62.